The molecule has 0 atom stereocenters. The first-order valence-corrected chi connectivity index (χ1v) is 10.9. The predicted molar refractivity (Wildman–Crippen MR) is 111 cm³/mol. The van der Waals surface area contributed by atoms with E-state index in [-0.39, 0.29) is 24.7 Å². The molecule has 1 fully saturated rings. The van der Waals surface area contributed by atoms with Crippen LogP contribution in [0.2, 0.25) is 0 Å². The van der Waals surface area contributed by atoms with Gasteiger partial charge in [0, 0.05) is 37.4 Å². The molecule has 0 unspecified atom stereocenters. The van der Waals surface area contributed by atoms with E-state index in [0.29, 0.717) is 18.7 Å². The first-order valence-electron chi connectivity index (χ1n) is 9.45. The van der Waals surface area contributed by atoms with Gasteiger partial charge in [0.15, 0.2) is 0 Å². The van der Waals surface area contributed by atoms with E-state index < -0.39 is 21.1 Å². The molecule has 0 amide bonds. The van der Waals surface area contributed by atoms with Gasteiger partial charge in [0.2, 0.25) is 11.6 Å². The standard InChI is InChI=1S/C21H21N3O5S/c1-28-20(25)18-21(29-19(22-18)16-8-4-2-5-9-16)30(26,27)24-14-12-23(13-15-24)17-10-6-3-7-11-17/h2-11H,12-15H2,1H3. The highest BCUT2D eigenvalue weighted by Gasteiger charge is 2.37. The van der Waals surface area contributed by atoms with Crippen LogP contribution in [0.1, 0.15) is 10.5 Å². The molecule has 2 aromatic carbocycles. The maximum Gasteiger partial charge on any atom is 0.361 e. The monoisotopic (exact) mass is 427 g/mol. The molecule has 0 aliphatic carbocycles. The van der Waals surface area contributed by atoms with Crippen LogP contribution in [-0.4, -0.2) is 57.0 Å². The molecular weight excluding hydrogens is 406 g/mol. The number of esters is 1. The van der Waals surface area contributed by atoms with Crippen LogP contribution in [0.4, 0.5) is 5.69 Å². The van der Waals surface area contributed by atoms with Gasteiger partial charge in [-0.1, -0.05) is 36.4 Å². The number of ether oxygens (including phenoxy) is 1. The fourth-order valence-electron chi connectivity index (χ4n) is 3.35. The molecule has 9 heteroatoms. The summed E-state index contributed by atoms with van der Waals surface area (Å²) in [5.41, 5.74) is 1.26. The Hall–Kier alpha value is -3.17. The van der Waals surface area contributed by atoms with Crippen molar-refractivity contribution in [2.75, 3.05) is 38.2 Å². The van der Waals surface area contributed by atoms with Crippen molar-refractivity contribution >= 4 is 21.7 Å². The van der Waals surface area contributed by atoms with Gasteiger partial charge in [-0.25, -0.2) is 18.2 Å². The molecular formula is C21H21N3O5S. The normalized spacial score (nSPS) is 15.2. The number of hydrogen-bond acceptors (Lipinski definition) is 7. The number of sulfonamides is 1. The van der Waals surface area contributed by atoms with Gasteiger partial charge in [-0.3, -0.25) is 0 Å². The van der Waals surface area contributed by atoms with Gasteiger partial charge in [0.25, 0.3) is 15.1 Å². The molecule has 0 saturated carbocycles. The summed E-state index contributed by atoms with van der Waals surface area (Å²) in [6, 6.07) is 18.6. The number of methoxy groups -OCH3 is 1. The second-order valence-corrected chi connectivity index (χ2v) is 8.58. The minimum Gasteiger partial charge on any atom is -0.464 e. The number of rotatable bonds is 5. The topological polar surface area (TPSA) is 92.9 Å². The largest absolute Gasteiger partial charge is 0.464 e. The molecule has 30 heavy (non-hydrogen) atoms. The van der Waals surface area contributed by atoms with E-state index >= 15 is 0 Å². The van der Waals surface area contributed by atoms with Crippen LogP contribution in [-0.2, 0) is 14.8 Å². The van der Waals surface area contributed by atoms with Crippen LogP contribution < -0.4 is 4.90 Å². The molecule has 0 radical (unpaired) electrons. The summed E-state index contributed by atoms with van der Waals surface area (Å²) in [4.78, 5) is 18.4. The molecule has 4 rings (SSSR count). The van der Waals surface area contributed by atoms with E-state index in [1.807, 2.05) is 36.4 Å². The summed E-state index contributed by atoms with van der Waals surface area (Å²) in [6.07, 6.45) is 0. The molecule has 0 bridgehead atoms. The summed E-state index contributed by atoms with van der Waals surface area (Å²) >= 11 is 0. The molecule has 1 aromatic heterocycles. The van der Waals surface area contributed by atoms with Crippen molar-refractivity contribution in [3.63, 3.8) is 0 Å². The molecule has 1 aliphatic heterocycles. The average molecular weight is 427 g/mol. The van der Waals surface area contributed by atoms with Crippen LogP contribution in [0.25, 0.3) is 11.5 Å². The van der Waals surface area contributed by atoms with Gasteiger partial charge in [-0.2, -0.15) is 4.31 Å². The summed E-state index contributed by atoms with van der Waals surface area (Å²) in [5, 5.41) is -0.485. The molecule has 1 aliphatic rings. The zero-order valence-electron chi connectivity index (χ0n) is 16.4. The van der Waals surface area contributed by atoms with Crippen molar-refractivity contribution in [2.24, 2.45) is 0 Å². The van der Waals surface area contributed by atoms with E-state index in [9.17, 15) is 13.2 Å². The van der Waals surface area contributed by atoms with Crippen molar-refractivity contribution in [3.8, 4) is 11.5 Å². The van der Waals surface area contributed by atoms with E-state index in [1.165, 1.54) is 11.4 Å². The second kappa shape index (κ2) is 8.29. The Morgan fingerprint density at radius 2 is 1.57 bits per heavy atom. The number of carbonyl (C=O) groups is 1. The van der Waals surface area contributed by atoms with Crippen molar-refractivity contribution < 1.29 is 22.4 Å². The Balaban J connectivity index is 1.62. The third-order valence-corrected chi connectivity index (χ3v) is 6.72. The van der Waals surface area contributed by atoms with Crippen molar-refractivity contribution in [1.29, 1.82) is 0 Å². The highest BCUT2D eigenvalue weighted by atomic mass is 32.2. The number of carbonyl (C=O) groups excluding carboxylic acids is 1. The zero-order chi connectivity index (χ0) is 21.1. The summed E-state index contributed by atoms with van der Waals surface area (Å²) < 4.78 is 38.2. The number of piperazine rings is 1. The lowest BCUT2D eigenvalue weighted by Gasteiger charge is -2.34. The Labute approximate surface area is 174 Å². The van der Waals surface area contributed by atoms with Crippen molar-refractivity contribution in [3.05, 3.63) is 66.4 Å². The SMILES string of the molecule is COC(=O)c1nc(-c2ccccc2)oc1S(=O)(=O)N1CCN(c2ccccc2)CC1. The first-order chi connectivity index (χ1) is 14.5. The van der Waals surface area contributed by atoms with E-state index in [0.717, 1.165) is 5.69 Å². The molecule has 156 valence electrons. The number of hydrogen-bond donors (Lipinski definition) is 0. The van der Waals surface area contributed by atoms with Gasteiger partial charge in [0.05, 0.1) is 7.11 Å². The first kappa shape index (κ1) is 20.1. The number of nitrogens with zero attached hydrogens (tertiary/aromatic N) is 3. The lowest BCUT2D eigenvalue weighted by atomic mass is 10.2. The number of oxazole rings is 1. The predicted octanol–water partition coefficient (Wildman–Crippen LogP) is 2.64. The maximum absolute atomic E-state index is 13.3. The van der Waals surface area contributed by atoms with E-state index in [1.54, 1.807) is 24.3 Å². The smallest absolute Gasteiger partial charge is 0.361 e. The van der Waals surface area contributed by atoms with Gasteiger partial charge in [-0.15, -0.1) is 0 Å². The van der Waals surface area contributed by atoms with Gasteiger partial charge in [0.1, 0.15) is 0 Å². The minimum atomic E-state index is -4.06. The summed E-state index contributed by atoms with van der Waals surface area (Å²) in [7, 11) is -2.89. The van der Waals surface area contributed by atoms with Crippen LogP contribution in [0.15, 0.2) is 70.2 Å². The zero-order valence-corrected chi connectivity index (χ0v) is 17.2. The Bertz CT molecular complexity index is 1120. The Kier molecular flexibility index (Phi) is 5.56. The third kappa shape index (κ3) is 3.81. The average Bonchev–Trinajstić information content (AvgIpc) is 3.26. The third-order valence-electron chi connectivity index (χ3n) is 4.93. The van der Waals surface area contributed by atoms with Gasteiger partial charge >= 0.3 is 5.97 Å². The maximum atomic E-state index is 13.3. The molecule has 0 spiro atoms. The van der Waals surface area contributed by atoms with E-state index in [2.05, 4.69) is 9.88 Å². The fourth-order valence-corrected chi connectivity index (χ4v) is 4.79. The molecule has 2 heterocycles. The number of aromatic nitrogens is 1. The fraction of sp³-hybridized carbons (Fsp3) is 0.238. The Morgan fingerprint density at radius 1 is 0.967 bits per heavy atom. The lowest BCUT2D eigenvalue weighted by molar-refractivity contribution is 0.0587. The molecule has 1 saturated heterocycles. The highest BCUT2D eigenvalue weighted by molar-refractivity contribution is 7.89. The summed E-state index contributed by atoms with van der Waals surface area (Å²) in [6.45, 7) is 1.57. The van der Waals surface area contributed by atoms with Crippen LogP contribution in [0, 0.1) is 0 Å². The molecule has 8 nitrogen and oxygen atoms in total. The van der Waals surface area contributed by atoms with Crippen LogP contribution in [0.3, 0.4) is 0 Å². The number of para-hydroxylation sites is 1. The van der Waals surface area contributed by atoms with Crippen LogP contribution in [0.5, 0.6) is 0 Å². The van der Waals surface area contributed by atoms with Crippen molar-refractivity contribution in [1.82, 2.24) is 9.29 Å². The number of anilines is 1. The van der Waals surface area contributed by atoms with Gasteiger partial charge in [-0.05, 0) is 24.3 Å². The quantitative estimate of drug-likeness (QED) is 0.578. The van der Waals surface area contributed by atoms with E-state index in [4.69, 9.17) is 9.15 Å². The van der Waals surface area contributed by atoms with Gasteiger partial charge < -0.3 is 14.1 Å². The van der Waals surface area contributed by atoms with Crippen LogP contribution >= 0.6 is 0 Å². The van der Waals surface area contributed by atoms with Crippen molar-refractivity contribution in [2.45, 2.75) is 5.09 Å². The Morgan fingerprint density at radius 3 is 2.17 bits per heavy atom. The lowest BCUT2D eigenvalue weighted by Crippen LogP contribution is -2.48. The molecule has 0 N–H and O–H groups in total. The molecule has 3 aromatic rings. The summed E-state index contributed by atoms with van der Waals surface area (Å²) in [5.74, 6) is -0.806. The minimum absolute atomic E-state index is 0.0532. The highest BCUT2D eigenvalue weighted by Crippen LogP contribution is 2.29. The second-order valence-electron chi connectivity index (χ2n) is 6.74. The number of benzene rings is 2.